The van der Waals surface area contributed by atoms with Gasteiger partial charge in [-0.05, 0) is 17.7 Å². The molecule has 1 aliphatic heterocycles. The quantitative estimate of drug-likeness (QED) is 0.591. The number of carbonyl (C=O) groups is 1. The molecule has 8 heteroatoms. The Labute approximate surface area is 118 Å². The summed E-state index contributed by atoms with van der Waals surface area (Å²) in [6.45, 7) is 0. The standard InChI is InChI=1S/C13H12N4O4/c1-17-10-8(11(19)16-13(17)21)9(14-12(20)15-10)6-2-4-7(18)5-3-6/h2-5,9,18H,1H3,(H2,14,15,20)(H,16,19,21). The van der Waals surface area contributed by atoms with Crippen molar-refractivity contribution in [1.29, 1.82) is 0 Å². The average Bonchev–Trinajstić information content (AvgIpc) is 2.44. The number of phenols is 1. The van der Waals surface area contributed by atoms with Crippen LogP contribution in [0.4, 0.5) is 10.6 Å². The number of nitrogens with zero attached hydrogens (tertiary/aromatic N) is 1. The van der Waals surface area contributed by atoms with Gasteiger partial charge in [0.15, 0.2) is 0 Å². The summed E-state index contributed by atoms with van der Waals surface area (Å²) in [5.74, 6) is 0.235. The highest BCUT2D eigenvalue weighted by Crippen LogP contribution is 2.28. The summed E-state index contributed by atoms with van der Waals surface area (Å²) in [5.41, 5.74) is -0.320. The van der Waals surface area contributed by atoms with E-state index < -0.39 is 23.3 Å². The minimum absolute atomic E-state index is 0.0774. The Morgan fingerprint density at radius 2 is 1.81 bits per heavy atom. The summed E-state index contributed by atoms with van der Waals surface area (Å²) in [6.07, 6.45) is 0. The van der Waals surface area contributed by atoms with E-state index >= 15 is 0 Å². The number of H-pyrrole nitrogens is 1. The number of amides is 2. The van der Waals surface area contributed by atoms with Crippen LogP contribution in [0.2, 0.25) is 0 Å². The summed E-state index contributed by atoms with van der Waals surface area (Å²) >= 11 is 0. The molecule has 21 heavy (non-hydrogen) atoms. The van der Waals surface area contributed by atoms with Crippen LogP contribution >= 0.6 is 0 Å². The van der Waals surface area contributed by atoms with Gasteiger partial charge in [0.05, 0.1) is 11.6 Å². The first kappa shape index (κ1) is 13.0. The Kier molecular flexibility index (Phi) is 2.79. The third-order valence-corrected chi connectivity index (χ3v) is 3.38. The lowest BCUT2D eigenvalue weighted by Crippen LogP contribution is -2.46. The van der Waals surface area contributed by atoms with Crippen LogP contribution in [-0.2, 0) is 7.05 Å². The summed E-state index contributed by atoms with van der Waals surface area (Å²) < 4.78 is 1.17. The number of fused-ring (bicyclic) bond motifs is 1. The number of benzene rings is 1. The minimum atomic E-state index is -0.704. The van der Waals surface area contributed by atoms with E-state index in [4.69, 9.17) is 0 Å². The molecule has 2 heterocycles. The number of hydrogen-bond acceptors (Lipinski definition) is 4. The van der Waals surface area contributed by atoms with Gasteiger partial charge in [-0.2, -0.15) is 0 Å². The molecule has 1 unspecified atom stereocenters. The number of nitrogens with one attached hydrogen (secondary N) is 3. The first-order valence-corrected chi connectivity index (χ1v) is 6.17. The highest BCUT2D eigenvalue weighted by molar-refractivity contribution is 5.92. The van der Waals surface area contributed by atoms with Crippen LogP contribution in [0, 0.1) is 0 Å². The summed E-state index contributed by atoms with van der Waals surface area (Å²) in [4.78, 5) is 37.6. The molecule has 0 radical (unpaired) electrons. The van der Waals surface area contributed by atoms with Crippen molar-refractivity contribution >= 4 is 11.8 Å². The van der Waals surface area contributed by atoms with Crippen LogP contribution < -0.4 is 21.9 Å². The molecule has 0 fully saturated rings. The van der Waals surface area contributed by atoms with Gasteiger partial charge in [0.25, 0.3) is 5.56 Å². The fourth-order valence-corrected chi connectivity index (χ4v) is 2.32. The zero-order valence-corrected chi connectivity index (χ0v) is 11.0. The van der Waals surface area contributed by atoms with E-state index in [1.165, 1.54) is 23.7 Å². The van der Waals surface area contributed by atoms with Gasteiger partial charge in [-0.15, -0.1) is 0 Å². The number of carbonyl (C=O) groups excluding carboxylic acids is 1. The van der Waals surface area contributed by atoms with Gasteiger partial charge in [0, 0.05) is 7.05 Å². The van der Waals surface area contributed by atoms with Gasteiger partial charge in [-0.3, -0.25) is 19.7 Å². The number of hydrogen-bond donors (Lipinski definition) is 4. The molecule has 108 valence electrons. The molecule has 2 aromatic rings. The normalized spacial score (nSPS) is 16.8. The second-order valence-corrected chi connectivity index (χ2v) is 4.70. The third kappa shape index (κ3) is 2.06. The molecule has 2 amide bonds. The van der Waals surface area contributed by atoms with Crippen molar-refractivity contribution in [2.45, 2.75) is 6.04 Å². The van der Waals surface area contributed by atoms with Crippen molar-refractivity contribution in [3.8, 4) is 5.75 Å². The maximum absolute atomic E-state index is 12.1. The monoisotopic (exact) mass is 288 g/mol. The lowest BCUT2D eigenvalue weighted by atomic mass is 9.98. The maximum atomic E-state index is 12.1. The summed E-state index contributed by atoms with van der Waals surface area (Å²) in [7, 11) is 1.45. The van der Waals surface area contributed by atoms with Crippen LogP contribution in [0.5, 0.6) is 5.75 Å². The van der Waals surface area contributed by atoms with Crippen molar-refractivity contribution in [3.63, 3.8) is 0 Å². The Balaban J connectivity index is 2.25. The number of anilines is 1. The third-order valence-electron chi connectivity index (χ3n) is 3.38. The van der Waals surface area contributed by atoms with Crippen molar-refractivity contribution in [2.24, 2.45) is 7.05 Å². The van der Waals surface area contributed by atoms with E-state index in [1.54, 1.807) is 12.1 Å². The predicted octanol–water partition coefficient (Wildman–Crippen LogP) is 0.00370. The lowest BCUT2D eigenvalue weighted by molar-refractivity contribution is 0.248. The van der Waals surface area contributed by atoms with Gasteiger partial charge in [0.2, 0.25) is 0 Å². The zero-order chi connectivity index (χ0) is 15.1. The van der Waals surface area contributed by atoms with Crippen LogP contribution in [0.25, 0.3) is 0 Å². The predicted molar refractivity (Wildman–Crippen MR) is 74.4 cm³/mol. The lowest BCUT2D eigenvalue weighted by Gasteiger charge is -2.27. The molecule has 0 spiro atoms. The molecule has 1 aromatic carbocycles. The van der Waals surface area contributed by atoms with Crippen LogP contribution in [-0.4, -0.2) is 20.7 Å². The van der Waals surface area contributed by atoms with E-state index in [2.05, 4.69) is 15.6 Å². The van der Waals surface area contributed by atoms with Crippen LogP contribution in [0.15, 0.2) is 33.9 Å². The smallest absolute Gasteiger partial charge is 0.329 e. The number of aromatic amines is 1. The Morgan fingerprint density at radius 1 is 1.14 bits per heavy atom. The summed E-state index contributed by atoms with van der Waals surface area (Å²) in [6, 6.07) is 4.89. The average molecular weight is 288 g/mol. The fraction of sp³-hybridized carbons (Fsp3) is 0.154. The van der Waals surface area contributed by atoms with Gasteiger partial charge < -0.3 is 10.4 Å². The molecular weight excluding hydrogens is 276 g/mol. The van der Waals surface area contributed by atoms with Gasteiger partial charge in [-0.25, -0.2) is 9.59 Å². The number of aromatic nitrogens is 2. The molecule has 4 N–H and O–H groups in total. The van der Waals surface area contributed by atoms with E-state index in [1.807, 2.05) is 0 Å². The van der Waals surface area contributed by atoms with Crippen molar-refractivity contribution < 1.29 is 9.90 Å². The first-order chi connectivity index (χ1) is 9.97. The molecule has 0 saturated heterocycles. The molecule has 1 aliphatic rings. The molecule has 0 aliphatic carbocycles. The largest absolute Gasteiger partial charge is 0.508 e. The second-order valence-electron chi connectivity index (χ2n) is 4.70. The molecule has 0 saturated carbocycles. The molecule has 1 aromatic heterocycles. The topological polar surface area (TPSA) is 116 Å². The van der Waals surface area contributed by atoms with Crippen molar-refractivity contribution in [1.82, 2.24) is 14.9 Å². The Bertz CT molecular complexity index is 835. The molecular formula is C13H12N4O4. The van der Waals surface area contributed by atoms with E-state index in [0.717, 1.165) is 0 Å². The maximum Gasteiger partial charge on any atom is 0.329 e. The number of phenolic OH excluding ortho intramolecular Hbond substituents is 1. The fourth-order valence-electron chi connectivity index (χ4n) is 2.32. The second kappa shape index (κ2) is 4.51. The first-order valence-electron chi connectivity index (χ1n) is 6.17. The highest BCUT2D eigenvalue weighted by atomic mass is 16.3. The number of rotatable bonds is 1. The highest BCUT2D eigenvalue weighted by Gasteiger charge is 2.30. The molecule has 1 atom stereocenters. The van der Waals surface area contributed by atoms with Crippen molar-refractivity contribution in [3.05, 3.63) is 56.2 Å². The SMILES string of the molecule is Cn1c2c(c(=O)[nH]c1=O)C(c1ccc(O)cc1)NC(=O)N2. The Morgan fingerprint density at radius 3 is 2.48 bits per heavy atom. The van der Waals surface area contributed by atoms with Crippen LogP contribution in [0.3, 0.4) is 0 Å². The zero-order valence-electron chi connectivity index (χ0n) is 11.0. The Hall–Kier alpha value is -3.03. The summed E-state index contributed by atoms with van der Waals surface area (Å²) in [5, 5.41) is 14.4. The van der Waals surface area contributed by atoms with E-state index in [9.17, 15) is 19.5 Å². The van der Waals surface area contributed by atoms with Gasteiger partial charge >= 0.3 is 11.7 Å². The number of aromatic hydroxyl groups is 1. The van der Waals surface area contributed by atoms with E-state index in [0.29, 0.717) is 5.56 Å². The molecule has 0 bridgehead atoms. The van der Waals surface area contributed by atoms with Gasteiger partial charge in [-0.1, -0.05) is 12.1 Å². The van der Waals surface area contributed by atoms with Crippen molar-refractivity contribution in [2.75, 3.05) is 5.32 Å². The molecule has 8 nitrogen and oxygen atoms in total. The number of urea groups is 1. The van der Waals surface area contributed by atoms with Gasteiger partial charge in [0.1, 0.15) is 11.6 Å². The minimum Gasteiger partial charge on any atom is -0.508 e. The van der Waals surface area contributed by atoms with Crippen LogP contribution in [0.1, 0.15) is 17.2 Å². The molecule has 3 rings (SSSR count). The van der Waals surface area contributed by atoms with E-state index in [-0.39, 0.29) is 17.1 Å².